The maximum Gasteiger partial charge on any atom is 0.429 e. The minimum Gasteiger partial charge on any atom is -0.443 e. The summed E-state index contributed by atoms with van der Waals surface area (Å²) in [6.07, 6.45) is 1.99. The molecule has 1 N–H and O–H groups in total. The number of pyridine rings is 1. The molecular formula is C25H26N4O3. The Bertz CT molecular complexity index is 1030. The van der Waals surface area contributed by atoms with Gasteiger partial charge in [0, 0.05) is 37.9 Å². The summed E-state index contributed by atoms with van der Waals surface area (Å²) in [4.78, 5) is 29.8. The minimum absolute atomic E-state index is 0.179. The van der Waals surface area contributed by atoms with E-state index in [2.05, 4.69) is 10.3 Å². The summed E-state index contributed by atoms with van der Waals surface area (Å²) in [5.41, 5.74) is 3.50. The van der Waals surface area contributed by atoms with Crippen LogP contribution in [0.5, 0.6) is 0 Å². The lowest BCUT2D eigenvalue weighted by Crippen LogP contribution is -2.45. The van der Waals surface area contributed by atoms with Gasteiger partial charge in [0.1, 0.15) is 6.61 Å². The highest BCUT2D eigenvalue weighted by Gasteiger charge is 2.32. The third kappa shape index (κ3) is 5.50. The van der Waals surface area contributed by atoms with Crippen LogP contribution in [0.2, 0.25) is 0 Å². The van der Waals surface area contributed by atoms with Crippen LogP contribution in [0.4, 0.5) is 4.79 Å². The fourth-order valence-corrected chi connectivity index (χ4v) is 3.56. The number of nitrogens with zero attached hydrogens (tertiary/aromatic N) is 3. The van der Waals surface area contributed by atoms with Crippen molar-refractivity contribution in [2.75, 3.05) is 13.1 Å². The molecule has 0 atom stereocenters. The maximum absolute atomic E-state index is 13.0. The van der Waals surface area contributed by atoms with Gasteiger partial charge < -0.3 is 10.1 Å². The number of hydrogen-bond acceptors (Lipinski definition) is 5. The van der Waals surface area contributed by atoms with Gasteiger partial charge in [0.25, 0.3) is 5.91 Å². The first-order valence-corrected chi connectivity index (χ1v) is 10.7. The molecule has 32 heavy (non-hydrogen) atoms. The molecule has 1 fully saturated rings. The van der Waals surface area contributed by atoms with Crippen molar-refractivity contribution in [2.45, 2.75) is 26.1 Å². The first-order valence-electron chi connectivity index (χ1n) is 10.7. The molecule has 7 heteroatoms. The van der Waals surface area contributed by atoms with Crippen LogP contribution in [0.1, 0.15) is 33.6 Å². The van der Waals surface area contributed by atoms with Crippen LogP contribution in [-0.2, 0) is 24.4 Å². The van der Waals surface area contributed by atoms with Gasteiger partial charge in [0.2, 0.25) is 0 Å². The molecule has 4 rings (SSSR count). The van der Waals surface area contributed by atoms with Crippen molar-refractivity contribution in [2.24, 2.45) is 0 Å². The van der Waals surface area contributed by atoms with Gasteiger partial charge in [-0.05, 0) is 41.8 Å². The summed E-state index contributed by atoms with van der Waals surface area (Å²) < 4.78 is 5.41. The number of hydrogen-bond donors (Lipinski definition) is 1. The predicted octanol–water partition coefficient (Wildman–Crippen LogP) is 3.77. The zero-order chi connectivity index (χ0) is 22.2. The first kappa shape index (κ1) is 21.5. The number of benzene rings is 2. The fourth-order valence-electron chi connectivity index (χ4n) is 3.56. The van der Waals surface area contributed by atoms with Crippen LogP contribution in [0.25, 0.3) is 0 Å². The van der Waals surface area contributed by atoms with Crippen LogP contribution in [0, 0.1) is 0 Å². The average Bonchev–Trinajstić information content (AvgIpc) is 3.34. The number of carbonyl (C=O) groups is 2. The molecule has 2 heterocycles. The lowest BCUT2D eigenvalue weighted by Gasteiger charge is -2.27. The summed E-state index contributed by atoms with van der Waals surface area (Å²) in [7, 11) is 0. The molecule has 2 aromatic carbocycles. The van der Waals surface area contributed by atoms with Gasteiger partial charge in [-0.25, -0.2) is 14.8 Å². The van der Waals surface area contributed by atoms with Crippen molar-refractivity contribution in [1.82, 2.24) is 20.3 Å². The van der Waals surface area contributed by atoms with E-state index < -0.39 is 6.09 Å². The normalized spacial score (nSPS) is 13.2. The number of ether oxygens (including phenoxy) is 1. The van der Waals surface area contributed by atoms with E-state index in [1.807, 2.05) is 60.7 Å². The number of aromatic nitrogens is 1. The Hall–Kier alpha value is -3.71. The average molecular weight is 431 g/mol. The van der Waals surface area contributed by atoms with Gasteiger partial charge in [0.05, 0.1) is 5.69 Å². The number of carbonyl (C=O) groups excluding carboxylic acids is 2. The van der Waals surface area contributed by atoms with Crippen molar-refractivity contribution in [3.8, 4) is 0 Å². The Morgan fingerprint density at radius 1 is 0.844 bits per heavy atom. The van der Waals surface area contributed by atoms with Crippen molar-refractivity contribution in [3.05, 3.63) is 101 Å². The standard InChI is InChI=1S/C25H26N4O3/c30-24(22-12-10-20(11-13-22)17-26-18-23-9-4-5-14-27-23)28-15-6-16-29(28)25(31)32-19-21-7-2-1-3-8-21/h1-5,7-14,26H,6,15-19H2. The van der Waals surface area contributed by atoms with Crippen molar-refractivity contribution in [1.29, 1.82) is 0 Å². The third-order valence-corrected chi connectivity index (χ3v) is 5.24. The summed E-state index contributed by atoms with van der Waals surface area (Å²) in [6.45, 7) is 2.49. The van der Waals surface area contributed by atoms with Crippen LogP contribution in [0.3, 0.4) is 0 Å². The van der Waals surface area contributed by atoms with Gasteiger partial charge in [-0.1, -0.05) is 48.5 Å². The molecule has 7 nitrogen and oxygen atoms in total. The molecule has 1 aromatic heterocycles. The molecule has 0 aliphatic carbocycles. The van der Waals surface area contributed by atoms with Crippen LogP contribution in [-0.4, -0.2) is 40.1 Å². The Morgan fingerprint density at radius 2 is 1.59 bits per heavy atom. The van der Waals surface area contributed by atoms with Gasteiger partial charge in [0.15, 0.2) is 0 Å². The van der Waals surface area contributed by atoms with E-state index in [0.29, 0.717) is 31.7 Å². The van der Waals surface area contributed by atoms with Crippen LogP contribution >= 0.6 is 0 Å². The zero-order valence-corrected chi connectivity index (χ0v) is 17.8. The lowest BCUT2D eigenvalue weighted by molar-refractivity contribution is 0.0111. The highest BCUT2D eigenvalue weighted by atomic mass is 16.6. The van der Waals surface area contributed by atoms with Crippen molar-refractivity contribution < 1.29 is 14.3 Å². The Kier molecular flexibility index (Phi) is 7.09. The van der Waals surface area contributed by atoms with Gasteiger partial charge in [-0.15, -0.1) is 0 Å². The molecule has 3 aromatic rings. The van der Waals surface area contributed by atoms with Gasteiger partial charge >= 0.3 is 6.09 Å². The molecular weight excluding hydrogens is 404 g/mol. The van der Waals surface area contributed by atoms with Gasteiger partial charge in [-0.2, -0.15) is 0 Å². The summed E-state index contributed by atoms with van der Waals surface area (Å²) in [6, 6.07) is 22.8. The fraction of sp³-hybridized carbons (Fsp3) is 0.240. The predicted molar refractivity (Wildman–Crippen MR) is 120 cm³/mol. The topological polar surface area (TPSA) is 74.8 Å². The van der Waals surface area contributed by atoms with E-state index in [0.717, 1.165) is 23.2 Å². The molecule has 0 saturated carbocycles. The van der Waals surface area contributed by atoms with Crippen molar-refractivity contribution >= 4 is 12.0 Å². The van der Waals surface area contributed by atoms with Crippen molar-refractivity contribution in [3.63, 3.8) is 0 Å². The molecule has 164 valence electrons. The van der Waals surface area contributed by atoms with E-state index in [9.17, 15) is 9.59 Å². The Balaban J connectivity index is 1.30. The SMILES string of the molecule is O=C(OCc1ccccc1)N1CCCN1C(=O)c1ccc(CNCc2ccccn2)cc1. The monoisotopic (exact) mass is 430 g/mol. The molecule has 0 spiro atoms. The second kappa shape index (κ2) is 10.5. The van der Waals surface area contributed by atoms with E-state index in [-0.39, 0.29) is 12.5 Å². The van der Waals surface area contributed by atoms with Crippen LogP contribution in [0.15, 0.2) is 79.0 Å². The number of amides is 2. The summed E-state index contributed by atoms with van der Waals surface area (Å²) in [5, 5.41) is 6.21. The Morgan fingerprint density at radius 3 is 2.34 bits per heavy atom. The largest absolute Gasteiger partial charge is 0.443 e. The van der Waals surface area contributed by atoms with E-state index >= 15 is 0 Å². The number of rotatable bonds is 7. The third-order valence-electron chi connectivity index (χ3n) is 5.24. The smallest absolute Gasteiger partial charge is 0.429 e. The number of hydrazine groups is 1. The summed E-state index contributed by atoms with van der Waals surface area (Å²) in [5.74, 6) is -0.202. The summed E-state index contributed by atoms with van der Waals surface area (Å²) >= 11 is 0. The Labute approximate surface area is 187 Å². The van der Waals surface area contributed by atoms with Gasteiger partial charge in [-0.3, -0.25) is 9.78 Å². The molecule has 1 aliphatic heterocycles. The molecule has 1 aliphatic rings. The lowest BCUT2D eigenvalue weighted by atomic mass is 10.1. The second-order valence-electron chi connectivity index (χ2n) is 7.57. The highest BCUT2D eigenvalue weighted by Crippen LogP contribution is 2.17. The molecule has 0 radical (unpaired) electrons. The van der Waals surface area contributed by atoms with E-state index in [1.165, 1.54) is 10.0 Å². The first-order chi connectivity index (χ1) is 15.7. The second-order valence-corrected chi connectivity index (χ2v) is 7.57. The minimum atomic E-state index is -0.505. The quantitative estimate of drug-likeness (QED) is 0.618. The zero-order valence-electron chi connectivity index (χ0n) is 17.8. The highest BCUT2D eigenvalue weighted by molar-refractivity contribution is 5.95. The van der Waals surface area contributed by atoms with Crippen LogP contribution < -0.4 is 5.32 Å². The maximum atomic E-state index is 13.0. The molecule has 2 amide bonds. The molecule has 0 unspecified atom stereocenters. The molecule has 0 bridgehead atoms. The number of nitrogens with one attached hydrogen (secondary N) is 1. The molecule has 1 saturated heterocycles. The van der Waals surface area contributed by atoms with E-state index in [4.69, 9.17) is 4.74 Å². The van der Waals surface area contributed by atoms with E-state index in [1.54, 1.807) is 18.3 Å².